The molecule has 9 heteroatoms. The van der Waals surface area contributed by atoms with Crippen molar-refractivity contribution in [1.82, 2.24) is 10.6 Å². The number of carbonyl (C=O) groups is 3. The Hall–Kier alpha value is -2.21. The molecule has 0 aromatic heterocycles. The Morgan fingerprint density at radius 2 is 2.05 bits per heavy atom. The zero-order valence-corrected chi connectivity index (χ0v) is 12.3. The number of aliphatic carboxylic acids is 2. The maximum Gasteiger partial charge on any atom is 0.326 e. The van der Waals surface area contributed by atoms with Gasteiger partial charge < -0.3 is 20.8 Å². The maximum atomic E-state index is 11.6. The van der Waals surface area contributed by atoms with Crippen molar-refractivity contribution in [2.45, 2.75) is 18.9 Å². The molecule has 21 heavy (non-hydrogen) atoms. The molecule has 0 fully saturated rings. The van der Waals surface area contributed by atoms with E-state index in [2.05, 4.69) is 10.6 Å². The first-order valence-corrected chi connectivity index (χ1v) is 7.39. The van der Waals surface area contributed by atoms with Gasteiger partial charge in [0.2, 0.25) is 0 Å². The van der Waals surface area contributed by atoms with E-state index >= 15 is 0 Å². The SMILES string of the molecule is CSCCC(N/C=C(/C#N)C(=O)NCCC(=O)O)C(=O)O. The van der Waals surface area contributed by atoms with Crippen LogP contribution >= 0.6 is 11.8 Å². The van der Waals surface area contributed by atoms with Crippen LogP contribution in [0.25, 0.3) is 0 Å². The Bertz CT molecular complexity index is 458. The number of amides is 1. The van der Waals surface area contributed by atoms with Crippen LogP contribution < -0.4 is 10.6 Å². The highest BCUT2D eigenvalue weighted by atomic mass is 32.2. The van der Waals surface area contributed by atoms with Crippen LogP contribution in [0.15, 0.2) is 11.8 Å². The zero-order valence-electron chi connectivity index (χ0n) is 11.5. The van der Waals surface area contributed by atoms with Crippen molar-refractivity contribution in [2.24, 2.45) is 0 Å². The normalized spacial score (nSPS) is 12.1. The fourth-order valence-electron chi connectivity index (χ4n) is 1.22. The number of carboxylic acid groups (broad SMARTS) is 2. The first-order valence-electron chi connectivity index (χ1n) is 6.00. The molecule has 0 saturated heterocycles. The number of carbonyl (C=O) groups excluding carboxylic acids is 1. The number of hydrogen-bond acceptors (Lipinski definition) is 6. The minimum absolute atomic E-state index is 0.109. The molecule has 0 aliphatic heterocycles. The van der Waals surface area contributed by atoms with Crippen molar-refractivity contribution in [2.75, 3.05) is 18.6 Å². The molecule has 0 aromatic rings. The summed E-state index contributed by atoms with van der Waals surface area (Å²) in [7, 11) is 0. The van der Waals surface area contributed by atoms with E-state index in [1.165, 1.54) is 11.8 Å². The van der Waals surface area contributed by atoms with Crippen LogP contribution in [0.4, 0.5) is 0 Å². The van der Waals surface area contributed by atoms with Crippen LogP contribution in [0.5, 0.6) is 0 Å². The number of nitrogens with zero attached hydrogens (tertiary/aromatic N) is 1. The molecule has 8 nitrogen and oxygen atoms in total. The predicted molar refractivity (Wildman–Crippen MR) is 76.5 cm³/mol. The molecule has 1 atom stereocenters. The summed E-state index contributed by atoms with van der Waals surface area (Å²) in [4.78, 5) is 32.8. The first-order chi connectivity index (χ1) is 9.92. The van der Waals surface area contributed by atoms with E-state index in [9.17, 15) is 14.4 Å². The molecular weight excluding hydrogens is 298 g/mol. The standard InChI is InChI=1S/C12H17N3O5S/c1-21-5-3-9(12(19)20)15-7-8(6-13)11(18)14-4-2-10(16)17/h7,9,15H,2-5H2,1H3,(H,14,18)(H,16,17)(H,19,20)/b8-7-. The topological polar surface area (TPSA) is 140 Å². The third kappa shape index (κ3) is 8.54. The van der Waals surface area contributed by atoms with E-state index < -0.39 is 23.9 Å². The first kappa shape index (κ1) is 18.8. The van der Waals surface area contributed by atoms with Crippen LogP contribution in [0, 0.1) is 11.3 Å². The van der Waals surface area contributed by atoms with Crippen molar-refractivity contribution in [3.8, 4) is 6.07 Å². The lowest BCUT2D eigenvalue weighted by Crippen LogP contribution is -2.35. The maximum absolute atomic E-state index is 11.6. The molecular formula is C12H17N3O5S. The van der Waals surface area contributed by atoms with Gasteiger partial charge in [0.05, 0.1) is 6.42 Å². The molecule has 0 saturated carbocycles. The second kappa shape index (κ2) is 10.6. The monoisotopic (exact) mass is 315 g/mol. The van der Waals surface area contributed by atoms with Crippen molar-refractivity contribution in [1.29, 1.82) is 5.26 Å². The molecule has 4 N–H and O–H groups in total. The third-order valence-electron chi connectivity index (χ3n) is 2.33. The Labute approximate surface area is 126 Å². The fourth-order valence-corrected chi connectivity index (χ4v) is 1.70. The zero-order chi connectivity index (χ0) is 16.3. The van der Waals surface area contributed by atoms with Crippen molar-refractivity contribution in [3.63, 3.8) is 0 Å². The number of nitriles is 1. The summed E-state index contributed by atoms with van der Waals surface area (Å²) >= 11 is 1.48. The van der Waals surface area contributed by atoms with Crippen LogP contribution in [0.1, 0.15) is 12.8 Å². The predicted octanol–water partition coefficient (Wildman–Crippen LogP) is -0.219. The smallest absolute Gasteiger partial charge is 0.326 e. The number of thioether (sulfide) groups is 1. The van der Waals surface area contributed by atoms with Gasteiger partial charge in [0.25, 0.3) is 5.91 Å². The number of nitrogens with one attached hydrogen (secondary N) is 2. The average molecular weight is 315 g/mol. The number of carboxylic acids is 2. The van der Waals surface area contributed by atoms with Gasteiger partial charge in [-0.3, -0.25) is 9.59 Å². The lowest BCUT2D eigenvalue weighted by atomic mass is 10.2. The Kier molecular flexibility index (Phi) is 9.45. The van der Waals surface area contributed by atoms with E-state index in [1.54, 1.807) is 6.07 Å². The second-order valence-corrected chi connectivity index (χ2v) is 4.89. The lowest BCUT2D eigenvalue weighted by Gasteiger charge is -2.12. The quantitative estimate of drug-likeness (QED) is 0.320. The van der Waals surface area contributed by atoms with Crippen molar-refractivity contribution < 1.29 is 24.6 Å². The third-order valence-corrected chi connectivity index (χ3v) is 2.97. The highest BCUT2D eigenvalue weighted by molar-refractivity contribution is 7.98. The van der Waals surface area contributed by atoms with Crippen molar-refractivity contribution in [3.05, 3.63) is 11.8 Å². The van der Waals surface area contributed by atoms with E-state index in [-0.39, 0.29) is 18.5 Å². The molecule has 0 aliphatic rings. The van der Waals surface area contributed by atoms with E-state index in [4.69, 9.17) is 15.5 Å². The molecule has 0 spiro atoms. The summed E-state index contributed by atoms with van der Waals surface area (Å²) in [5, 5.41) is 31.0. The summed E-state index contributed by atoms with van der Waals surface area (Å²) in [6.45, 7) is -0.109. The van der Waals surface area contributed by atoms with Crippen molar-refractivity contribution >= 4 is 29.6 Å². The fraction of sp³-hybridized carbons (Fsp3) is 0.500. The van der Waals surface area contributed by atoms with Gasteiger partial charge in [0.15, 0.2) is 0 Å². The molecule has 0 heterocycles. The van der Waals surface area contributed by atoms with Gasteiger partial charge in [-0.05, 0) is 18.4 Å². The van der Waals surface area contributed by atoms with Gasteiger partial charge in [0.1, 0.15) is 17.7 Å². The lowest BCUT2D eigenvalue weighted by molar-refractivity contribution is -0.139. The summed E-state index contributed by atoms with van der Waals surface area (Å²) < 4.78 is 0. The van der Waals surface area contributed by atoms with Gasteiger partial charge in [0, 0.05) is 12.7 Å². The minimum Gasteiger partial charge on any atom is -0.481 e. The van der Waals surface area contributed by atoms with Gasteiger partial charge in [-0.2, -0.15) is 17.0 Å². The highest BCUT2D eigenvalue weighted by Gasteiger charge is 2.16. The van der Waals surface area contributed by atoms with Crippen LogP contribution in [0.3, 0.4) is 0 Å². The van der Waals surface area contributed by atoms with E-state index in [0.29, 0.717) is 12.2 Å². The molecule has 0 rings (SSSR count). The summed E-state index contributed by atoms with van der Waals surface area (Å²) in [5.74, 6) is -2.28. The summed E-state index contributed by atoms with van der Waals surface area (Å²) in [6, 6.07) is 0.736. The largest absolute Gasteiger partial charge is 0.481 e. The van der Waals surface area contributed by atoms with Crippen LogP contribution in [0.2, 0.25) is 0 Å². The molecule has 0 aromatic carbocycles. The van der Waals surface area contributed by atoms with Crippen LogP contribution in [-0.2, 0) is 14.4 Å². The van der Waals surface area contributed by atoms with Gasteiger partial charge in [-0.15, -0.1) is 0 Å². The average Bonchev–Trinajstić information content (AvgIpc) is 2.41. The molecule has 0 aliphatic carbocycles. The van der Waals surface area contributed by atoms with E-state index in [1.807, 2.05) is 6.26 Å². The summed E-state index contributed by atoms with van der Waals surface area (Å²) in [6.07, 6.45) is 2.95. The minimum atomic E-state index is -1.08. The van der Waals surface area contributed by atoms with Crippen LogP contribution in [-0.4, -0.2) is 52.7 Å². The number of hydrogen-bond donors (Lipinski definition) is 4. The van der Waals surface area contributed by atoms with E-state index in [0.717, 1.165) is 6.20 Å². The van der Waals surface area contributed by atoms with Gasteiger partial charge in [-0.1, -0.05) is 0 Å². The highest BCUT2D eigenvalue weighted by Crippen LogP contribution is 2.02. The number of rotatable bonds is 10. The Balaban J connectivity index is 4.55. The molecule has 0 bridgehead atoms. The molecule has 116 valence electrons. The summed E-state index contributed by atoms with van der Waals surface area (Å²) in [5.41, 5.74) is -0.309. The van der Waals surface area contributed by atoms with Gasteiger partial charge in [-0.25, -0.2) is 4.79 Å². The second-order valence-electron chi connectivity index (χ2n) is 3.91. The molecule has 1 amide bonds. The Morgan fingerprint density at radius 1 is 1.38 bits per heavy atom. The molecule has 1 unspecified atom stereocenters. The van der Waals surface area contributed by atoms with Gasteiger partial charge >= 0.3 is 11.9 Å². The Morgan fingerprint density at radius 3 is 2.52 bits per heavy atom. The molecule has 0 radical (unpaired) electrons.